The number of hydrogen-bond acceptors (Lipinski definition) is 5. The molecule has 13 heavy (non-hydrogen) atoms. The van der Waals surface area contributed by atoms with Crippen LogP contribution in [-0.4, -0.2) is 52.3 Å². The third-order valence-electron chi connectivity index (χ3n) is 0.961. The van der Waals surface area contributed by atoms with Crippen molar-refractivity contribution in [3.8, 4) is 0 Å². The Balaban J connectivity index is 0. The maximum Gasteiger partial charge on any atom is 0.246 e. The van der Waals surface area contributed by atoms with Gasteiger partial charge < -0.3 is 26.2 Å². The molecule has 0 bridgehead atoms. The van der Waals surface area contributed by atoms with Crippen LogP contribution >= 0.6 is 0 Å². The van der Waals surface area contributed by atoms with E-state index in [1.54, 1.807) is 0 Å². The molecule has 0 aliphatic rings. The Bertz CT molecular complexity index is 155. The number of hydrogen-bond donors (Lipinski definition) is 5. The van der Waals surface area contributed by atoms with E-state index >= 15 is 0 Å². The highest BCUT2D eigenvalue weighted by Crippen LogP contribution is 1.80. The second kappa shape index (κ2) is 9.14. The first-order valence-corrected chi connectivity index (χ1v) is 3.47. The summed E-state index contributed by atoms with van der Waals surface area (Å²) in [5, 5.41) is 32.1. The van der Waals surface area contributed by atoms with Crippen LogP contribution in [0.2, 0.25) is 0 Å². The van der Waals surface area contributed by atoms with Crippen molar-refractivity contribution < 1.29 is 25.2 Å². The Kier molecular flexibility index (Phi) is 10.2. The molecular formula is C7H15NO5. The zero-order chi connectivity index (χ0) is 10.9. The van der Waals surface area contributed by atoms with E-state index < -0.39 is 12.0 Å². The highest BCUT2D eigenvalue weighted by Gasteiger charge is 1.95. The number of aliphatic hydroxyl groups is 4. The molecule has 0 unspecified atom stereocenters. The minimum atomic E-state index is -0.954. The standard InChI is InChI=1S/C4H7NO2.C3H8O3/c1-3(2-6)4(5)7;4-1-3(6)2-5/h6H,1-2H2,(H2,5,7);3-6H,1-2H2. The molecule has 0 aromatic rings. The van der Waals surface area contributed by atoms with Crippen LogP contribution in [0, 0.1) is 0 Å². The summed E-state index contributed by atoms with van der Waals surface area (Å²) in [6.07, 6.45) is -0.954. The maximum atomic E-state index is 9.89. The van der Waals surface area contributed by atoms with Crippen LogP contribution in [0.4, 0.5) is 0 Å². The van der Waals surface area contributed by atoms with Crippen molar-refractivity contribution in [3.05, 3.63) is 12.2 Å². The summed E-state index contributed by atoms with van der Waals surface area (Å²) >= 11 is 0. The maximum absolute atomic E-state index is 9.89. The Labute approximate surface area is 75.9 Å². The minimum Gasteiger partial charge on any atom is -0.394 e. The van der Waals surface area contributed by atoms with Crippen molar-refractivity contribution >= 4 is 5.91 Å². The molecule has 0 saturated heterocycles. The molecule has 0 aromatic heterocycles. The van der Waals surface area contributed by atoms with Gasteiger partial charge in [-0.15, -0.1) is 0 Å². The van der Waals surface area contributed by atoms with Crippen molar-refractivity contribution in [2.24, 2.45) is 5.73 Å². The van der Waals surface area contributed by atoms with Gasteiger partial charge in [0.1, 0.15) is 6.10 Å². The smallest absolute Gasteiger partial charge is 0.246 e. The number of aliphatic hydroxyl groups excluding tert-OH is 4. The lowest BCUT2D eigenvalue weighted by Crippen LogP contribution is -2.15. The van der Waals surface area contributed by atoms with Gasteiger partial charge in [-0.1, -0.05) is 6.58 Å². The highest BCUT2D eigenvalue weighted by atomic mass is 16.3. The lowest BCUT2D eigenvalue weighted by molar-refractivity contribution is -0.114. The normalized spacial score (nSPS) is 9.00. The van der Waals surface area contributed by atoms with E-state index in [9.17, 15) is 4.79 Å². The summed E-state index contributed by atoms with van der Waals surface area (Å²) in [4.78, 5) is 9.89. The number of rotatable bonds is 4. The van der Waals surface area contributed by atoms with Gasteiger partial charge in [-0.2, -0.15) is 0 Å². The molecule has 0 rings (SSSR count). The Morgan fingerprint density at radius 1 is 1.31 bits per heavy atom. The van der Waals surface area contributed by atoms with E-state index in [0.29, 0.717) is 0 Å². The van der Waals surface area contributed by atoms with Gasteiger partial charge in [-0.05, 0) is 0 Å². The Morgan fingerprint density at radius 2 is 1.69 bits per heavy atom. The molecule has 0 aliphatic heterocycles. The van der Waals surface area contributed by atoms with Crippen molar-refractivity contribution in [1.82, 2.24) is 0 Å². The molecule has 0 aliphatic carbocycles. The first-order valence-electron chi connectivity index (χ1n) is 3.47. The van der Waals surface area contributed by atoms with Gasteiger partial charge in [0, 0.05) is 5.57 Å². The average molecular weight is 193 g/mol. The van der Waals surface area contributed by atoms with Gasteiger partial charge >= 0.3 is 0 Å². The van der Waals surface area contributed by atoms with E-state index in [4.69, 9.17) is 20.4 Å². The number of amides is 1. The van der Waals surface area contributed by atoms with Crippen molar-refractivity contribution in [1.29, 1.82) is 0 Å². The lowest BCUT2D eigenvalue weighted by atomic mass is 10.3. The molecule has 1 amide bonds. The van der Waals surface area contributed by atoms with Crippen LogP contribution in [0.1, 0.15) is 0 Å². The number of carbonyl (C=O) groups excluding carboxylic acids is 1. The van der Waals surface area contributed by atoms with Crippen LogP contribution < -0.4 is 5.73 Å². The molecule has 0 fully saturated rings. The van der Waals surface area contributed by atoms with Crippen LogP contribution in [0.25, 0.3) is 0 Å². The summed E-state index contributed by atoms with van der Waals surface area (Å²) in [5.41, 5.74) is 4.69. The molecule has 0 saturated carbocycles. The molecule has 0 heterocycles. The van der Waals surface area contributed by atoms with Crippen LogP contribution in [-0.2, 0) is 4.79 Å². The highest BCUT2D eigenvalue weighted by molar-refractivity contribution is 5.91. The average Bonchev–Trinajstić information content (AvgIpc) is 2.16. The number of primary amides is 1. The molecule has 6 N–H and O–H groups in total. The second-order valence-corrected chi connectivity index (χ2v) is 2.14. The molecule has 0 radical (unpaired) electrons. The largest absolute Gasteiger partial charge is 0.394 e. The van der Waals surface area contributed by atoms with Crippen LogP contribution in [0.3, 0.4) is 0 Å². The predicted molar refractivity (Wildman–Crippen MR) is 45.6 cm³/mol. The van der Waals surface area contributed by atoms with Gasteiger partial charge in [-0.25, -0.2) is 0 Å². The molecule has 0 atom stereocenters. The first-order chi connectivity index (χ1) is 5.99. The van der Waals surface area contributed by atoms with Crippen LogP contribution in [0.5, 0.6) is 0 Å². The monoisotopic (exact) mass is 193 g/mol. The van der Waals surface area contributed by atoms with Gasteiger partial charge in [-0.3, -0.25) is 4.79 Å². The predicted octanol–water partition coefficient (Wildman–Crippen LogP) is -2.65. The van der Waals surface area contributed by atoms with Gasteiger partial charge in [0.15, 0.2) is 0 Å². The van der Waals surface area contributed by atoms with Gasteiger partial charge in [0.25, 0.3) is 0 Å². The number of carbonyl (C=O) groups is 1. The Morgan fingerprint density at radius 3 is 1.69 bits per heavy atom. The van der Waals surface area contributed by atoms with E-state index in [0.717, 1.165) is 0 Å². The third-order valence-corrected chi connectivity index (χ3v) is 0.961. The van der Waals surface area contributed by atoms with E-state index in [2.05, 4.69) is 12.3 Å². The summed E-state index contributed by atoms with van der Waals surface area (Å²) < 4.78 is 0. The summed E-state index contributed by atoms with van der Waals surface area (Å²) in [6, 6.07) is 0. The quantitative estimate of drug-likeness (QED) is 0.312. The second-order valence-electron chi connectivity index (χ2n) is 2.14. The first kappa shape index (κ1) is 14.6. The molecule has 6 nitrogen and oxygen atoms in total. The molecule has 78 valence electrons. The van der Waals surface area contributed by atoms with Crippen molar-refractivity contribution in [2.75, 3.05) is 19.8 Å². The SMILES string of the molecule is C=C(CO)C(N)=O.OCC(O)CO. The van der Waals surface area contributed by atoms with Crippen LogP contribution in [0.15, 0.2) is 12.2 Å². The molecule has 0 aromatic carbocycles. The fourth-order valence-corrected chi connectivity index (χ4v) is 0.136. The van der Waals surface area contributed by atoms with E-state index in [-0.39, 0.29) is 25.4 Å². The fraction of sp³-hybridized carbons (Fsp3) is 0.571. The zero-order valence-electron chi connectivity index (χ0n) is 7.18. The van der Waals surface area contributed by atoms with Crippen molar-refractivity contribution in [2.45, 2.75) is 6.10 Å². The molecule has 6 heteroatoms. The van der Waals surface area contributed by atoms with Gasteiger partial charge in [0.2, 0.25) is 5.91 Å². The fourth-order valence-electron chi connectivity index (χ4n) is 0.136. The zero-order valence-corrected chi connectivity index (χ0v) is 7.18. The van der Waals surface area contributed by atoms with E-state index in [1.165, 1.54) is 0 Å². The molecule has 0 spiro atoms. The van der Waals surface area contributed by atoms with Gasteiger partial charge in [0.05, 0.1) is 19.8 Å². The summed E-state index contributed by atoms with van der Waals surface area (Å²) in [5.74, 6) is -0.650. The number of nitrogens with two attached hydrogens (primary N) is 1. The molecular weight excluding hydrogens is 178 g/mol. The minimum absolute atomic E-state index is 0.0417. The topological polar surface area (TPSA) is 124 Å². The Hall–Kier alpha value is -0.950. The summed E-state index contributed by atoms with van der Waals surface area (Å²) in [7, 11) is 0. The lowest BCUT2D eigenvalue weighted by Gasteiger charge is -1.96. The summed E-state index contributed by atoms with van der Waals surface area (Å²) in [6.45, 7) is 2.07. The third kappa shape index (κ3) is 11.0. The van der Waals surface area contributed by atoms with Crippen molar-refractivity contribution in [3.63, 3.8) is 0 Å². The van der Waals surface area contributed by atoms with E-state index in [1.807, 2.05) is 0 Å².